The molecule has 1 aromatic carbocycles. The molecule has 0 aliphatic carbocycles. The maximum atomic E-state index is 11.6. The standard InChI is InChI=1S/C13H14ClNO2S/c1-18-8-6-13(17)15-12-9-11(14)5-4-10(12)3-2-7-16/h4-5,9,16H,6-8H2,1H3,(H,15,17). The van der Waals surface area contributed by atoms with E-state index in [4.69, 9.17) is 16.7 Å². The van der Waals surface area contributed by atoms with Gasteiger partial charge in [0.05, 0.1) is 5.69 Å². The van der Waals surface area contributed by atoms with Crippen molar-refractivity contribution < 1.29 is 9.90 Å². The van der Waals surface area contributed by atoms with E-state index in [1.807, 2.05) is 6.26 Å². The lowest BCUT2D eigenvalue weighted by molar-refractivity contribution is -0.115. The first kappa shape index (κ1) is 14.9. The lowest BCUT2D eigenvalue weighted by Gasteiger charge is -2.07. The number of carbonyl (C=O) groups excluding carboxylic acids is 1. The SMILES string of the molecule is CSCCC(=O)Nc1cc(Cl)ccc1C#CCO. The Kier molecular flexibility index (Phi) is 6.66. The van der Waals surface area contributed by atoms with Gasteiger partial charge in [0.15, 0.2) is 0 Å². The molecule has 3 nitrogen and oxygen atoms in total. The van der Waals surface area contributed by atoms with Crippen molar-refractivity contribution in [2.24, 2.45) is 0 Å². The average molecular weight is 284 g/mol. The molecule has 96 valence electrons. The first-order valence-electron chi connectivity index (χ1n) is 5.35. The Morgan fingerprint density at radius 2 is 2.33 bits per heavy atom. The molecular formula is C13H14ClNO2S. The summed E-state index contributed by atoms with van der Waals surface area (Å²) in [5.74, 6) is 6.02. The van der Waals surface area contributed by atoms with Gasteiger partial charge < -0.3 is 10.4 Å². The van der Waals surface area contributed by atoms with E-state index < -0.39 is 0 Å². The second-order valence-corrected chi connectivity index (χ2v) is 4.86. The van der Waals surface area contributed by atoms with Gasteiger partial charge in [-0.3, -0.25) is 4.79 Å². The summed E-state index contributed by atoms with van der Waals surface area (Å²) >= 11 is 7.50. The lowest BCUT2D eigenvalue weighted by atomic mass is 10.1. The highest BCUT2D eigenvalue weighted by Gasteiger charge is 2.06. The minimum absolute atomic E-state index is 0.0707. The fourth-order valence-electron chi connectivity index (χ4n) is 1.27. The maximum Gasteiger partial charge on any atom is 0.225 e. The maximum absolute atomic E-state index is 11.6. The molecule has 18 heavy (non-hydrogen) atoms. The molecule has 0 atom stereocenters. The molecule has 0 bridgehead atoms. The van der Waals surface area contributed by atoms with Crippen LogP contribution in [0.15, 0.2) is 18.2 Å². The molecule has 5 heteroatoms. The van der Waals surface area contributed by atoms with E-state index >= 15 is 0 Å². The summed E-state index contributed by atoms with van der Waals surface area (Å²) in [6.45, 7) is -0.220. The van der Waals surface area contributed by atoms with Gasteiger partial charge in [-0.15, -0.1) is 0 Å². The minimum Gasteiger partial charge on any atom is -0.384 e. The summed E-state index contributed by atoms with van der Waals surface area (Å²) in [6.07, 6.45) is 2.39. The highest BCUT2D eigenvalue weighted by molar-refractivity contribution is 7.98. The second-order valence-electron chi connectivity index (χ2n) is 3.44. The first-order valence-corrected chi connectivity index (χ1v) is 7.12. The van der Waals surface area contributed by atoms with Crippen LogP contribution < -0.4 is 5.32 Å². The second kappa shape index (κ2) is 8.04. The zero-order valence-corrected chi connectivity index (χ0v) is 11.6. The summed E-state index contributed by atoms with van der Waals surface area (Å²) in [7, 11) is 0. The van der Waals surface area contributed by atoms with Gasteiger partial charge in [-0.05, 0) is 24.5 Å². The van der Waals surface area contributed by atoms with Gasteiger partial charge in [-0.25, -0.2) is 0 Å². The van der Waals surface area contributed by atoms with E-state index in [0.717, 1.165) is 5.75 Å². The van der Waals surface area contributed by atoms with Crippen molar-refractivity contribution in [3.63, 3.8) is 0 Å². The van der Waals surface area contributed by atoms with E-state index in [2.05, 4.69) is 17.2 Å². The largest absolute Gasteiger partial charge is 0.384 e. The van der Waals surface area contributed by atoms with E-state index in [-0.39, 0.29) is 12.5 Å². The predicted octanol–water partition coefficient (Wildman–Crippen LogP) is 2.38. The Bertz CT molecular complexity index is 480. The number of benzene rings is 1. The van der Waals surface area contributed by atoms with Crippen LogP contribution in [-0.2, 0) is 4.79 Å². The van der Waals surface area contributed by atoms with Crippen LogP contribution in [-0.4, -0.2) is 29.6 Å². The third-order valence-electron chi connectivity index (χ3n) is 2.09. The molecule has 2 N–H and O–H groups in total. The number of thioether (sulfide) groups is 1. The lowest BCUT2D eigenvalue weighted by Crippen LogP contribution is -2.13. The van der Waals surface area contributed by atoms with Gasteiger partial charge in [-0.1, -0.05) is 23.4 Å². The van der Waals surface area contributed by atoms with Crippen molar-refractivity contribution in [3.8, 4) is 11.8 Å². The Morgan fingerprint density at radius 3 is 3.00 bits per heavy atom. The molecule has 0 aromatic heterocycles. The van der Waals surface area contributed by atoms with Crippen LogP contribution in [0.3, 0.4) is 0 Å². The Labute approximate surface area is 116 Å². The monoisotopic (exact) mass is 283 g/mol. The number of halogens is 1. The van der Waals surface area contributed by atoms with E-state index in [1.54, 1.807) is 30.0 Å². The van der Waals surface area contributed by atoms with Crippen molar-refractivity contribution in [2.45, 2.75) is 6.42 Å². The summed E-state index contributed by atoms with van der Waals surface area (Å²) < 4.78 is 0. The fourth-order valence-corrected chi connectivity index (χ4v) is 1.83. The minimum atomic E-state index is -0.220. The van der Waals surface area contributed by atoms with Crippen LogP contribution in [0.25, 0.3) is 0 Å². The molecule has 0 saturated carbocycles. The highest BCUT2D eigenvalue weighted by Crippen LogP contribution is 2.20. The van der Waals surface area contributed by atoms with Gasteiger partial charge in [-0.2, -0.15) is 11.8 Å². The van der Waals surface area contributed by atoms with Crippen LogP contribution in [0.4, 0.5) is 5.69 Å². The van der Waals surface area contributed by atoms with Gasteiger partial charge in [0.2, 0.25) is 5.91 Å². The van der Waals surface area contributed by atoms with Crippen LogP contribution in [0, 0.1) is 11.8 Å². The Hall–Kier alpha value is -1.15. The average Bonchev–Trinajstić information content (AvgIpc) is 2.35. The first-order chi connectivity index (χ1) is 8.67. The molecular weight excluding hydrogens is 270 g/mol. The number of aliphatic hydroxyl groups is 1. The Morgan fingerprint density at radius 1 is 1.56 bits per heavy atom. The van der Waals surface area contributed by atoms with Crippen LogP contribution in [0.5, 0.6) is 0 Å². The predicted molar refractivity (Wildman–Crippen MR) is 77.0 cm³/mol. The summed E-state index contributed by atoms with van der Waals surface area (Å²) in [6, 6.07) is 5.07. The number of aliphatic hydroxyl groups excluding tert-OH is 1. The van der Waals surface area contributed by atoms with E-state index in [1.165, 1.54) is 0 Å². The van der Waals surface area contributed by atoms with E-state index in [9.17, 15) is 4.79 Å². The summed E-state index contributed by atoms with van der Waals surface area (Å²) in [5.41, 5.74) is 1.22. The van der Waals surface area contributed by atoms with Crippen LogP contribution in [0.1, 0.15) is 12.0 Å². The fraction of sp³-hybridized carbons (Fsp3) is 0.308. The van der Waals surface area contributed by atoms with Crippen LogP contribution >= 0.6 is 23.4 Å². The molecule has 0 fully saturated rings. The van der Waals surface area contributed by atoms with Gasteiger partial charge >= 0.3 is 0 Å². The number of nitrogens with one attached hydrogen (secondary N) is 1. The number of amides is 1. The molecule has 0 unspecified atom stereocenters. The normalized spacial score (nSPS) is 9.50. The summed E-state index contributed by atoms with van der Waals surface area (Å²) in [5, 5.41) is 12.0. The summed E-state index contributed by atoms with van der Waals surface area (Å²) in [4.78, 5) is 11.6. The Balaban J connectivity index is 2.85. The van der Waals surface area contributed by atoms with Crippen molar-refractivity contribution in [1.29, 1.82) is 0 Å². The number of anilines is 1. The molecule has 0 spiro atoms. The number of carbonyl (C=O) groups is 1. The molecule has 1 amide bonds. The number of hydrogen-bond donors (Lipinski definition) is 2. The zero-order valence-electron chi connectivity index (χ0n) is 10.00. The third-order valence-corrected chi connectivity index (χ3v) is 2.94. The number of hydrogen-bond acceptors (Lipinski definition) is 3. The molecule has 0 heterocycles. The molecule has 1 rings (SSSR count). The van der Waals surface area contributed by atoms with Gasteiger partial charge in [0, 0.05) is 22.8 Å². The quantitative estimate of drug-likeness (QED) is 0.834. The van der Waals surface area contributed by atoms with Crippen molar-refractivity contribution in [1.82, 2.24) is 0 Å². The van der Waals surface area contributed by atoms with E-state index in [0.29, 0.717) is 22.7 Å². The molecule has 0 aliphatic rings. The highest BCUT2D eigenvalue weighted by atomic mass is 35.5. The molecule has 0 radical (unpaired) electrons. The smallest absolute Gasteiger partial charge is 0.225 e. The zero-order chi connectivity index (χ0) is 13.4. The topological polar surface area (TPSA) is 49.3 Å². The van der Waals surface area contributed by atoms with Gasteiger partial charge in [0.25, 0.3) is 0 Å². The van der Waals surface area contributed by atoms with Crippen LogP contribution in [0.2, 0.25) is 5.02 Å². The van der Waals surface area contributed by atoms with Gasteiger partial charge in [0.1, 0.15) is 6.61 Å². The van der Waals surface area contributed by atoms with Crippen molar-refractivity contribution >= 4 is 35.0 Å². The molecule has 1 aromatic rings. The van der Waals surface area contributed by atoms with Crippen molar-refractivity contribution in [2.75, 3.05) is 23.9 Å². The van der Waals surface area contributed by atoms with Crippen molar-refractivity contribution in [3.05, 3.63) is 28.8 Å². The third kappa shape index (κ3) is 5.01. The molecule has 0 aliphatic heterocycles. The number of rotatable bonds is 4. The molecule has 0 saturated heterocycles.